The Bertz CT molecular complexity index is 243. The molecule has 0 aliphatic rings. The first-order valence-corrected chi connectivity index (χ1v) is 3.93. The zero-order valence-electron chi connectivity index (χ0n) is 7.09. The van der Waals surface area contributed by atoms with Crippen molar-refractivity contribution in [2.45, 2.75) is 26.8 Å². The number of rotatable bonds is 2. The Labute approximate surface area is 67.5 Å². The highest BCUT2D eigenvalue weighted by molar-refractivity contribution is 5.28. The van der Waals surface area contributed by atoms with E-state index in [1.807, 2.05) is 12.3 Å². The molecule has 60 valence electrons. The van der Waals surface area contributed by atoms with Crippen molar-refractivity contribution in [3.05, 3.63) is 29.1 Å². The Morgan fingerprint density at radius 3 is 2.73 bits per heavy atom. The fourth-order valence-corrected chi connectivity index (χ4v) is 1.23. The van der Waals surface area contributed by atoms with E-state index < -0.39 is 0 Å². The lowest BCUT2D eigenvalue weighted by atomic mass is 10.1. The van der Waals surface area contributed by atoms with E-state index in [2.05, 4.69) is 18.8 Å². The minimum absolute atomic E-state index is 0.600. The van der Waals surface area contributed by atoms with Crippen molar-refractivity contribution in [3.63, 3.8) is 0 Å². The third-order valence-electron chi connectivity index (χ3n) is 1.92. The molecule has 0 fully saturated rings. The van der Waals surface area contributed by atoms with Gasteiger partial charge in [-0.3, -0.25) is 4.98 Å². The smallest absolute Gasteiger partial charge is 0.0448 e. The van der Waals surface area contributed by atoms with Gasteiger partial charge < -0.3 is 5.73 Å². The molecule has 0 unspecified atom stereocenters. The Balaban J connectivity index is 3.13. The van der Waals surface area contributed by atoms with Crippen molar-refractivity contribution < 1.29 is 0 Å². The van der Waals surface area contributed by atoms with Gasteiger partial charge in [-0.15, -0.1) is 0 Å². The first kappa shape index (κ1) is 8.21. The Morgan fingerprint density at radius 1 is 1.55 bits per heavy atom. The van der Waals surface area contributed by atoms with Gasteiger partial charge in [0, 0.05) is 18.4 Å². The van der Waals surface area contributed by atoms with Crippen LogP contribution in [0.4, 0.5) is 0 Å². The van der Waals surface area contributed by atoms with Crippen LogP contribution in [0, 0.1) is 6.92 Å². The average Bonchev–Trinajstić information content (AvgIpc) is 2.04. The number of nitrogens with two attached hydrogens (primary N) is 1. The van der Waals surface area contributed by atoms with E-state index in [-0.39, 0.29) is 0 Å². The minimum Gasteiger partial charge on any atom is -0.326 e. The molecule has 1 rings (SSSR count). The van der Waals surface area contributed by atoms with Gasteiger partial charge in [-0.2, -0.15) is 0 Å². The molecular weight excluding hydrogens is 136 g/mol. The normalized spacial score (nSPS) is 10.1. The number of pyridine rings is 1. The first-order valence-electron chi connectivity index (χ1n) is 3.93. The lowest BCUT2D eigenvalue weighted by Crippen LogP contribution is -2.05. The van der Waals surface area contributed by atoms with Crippen LogP contribution >= 0.6 is 0 Å². The monoisotopic (exact) mass is 150 g/mol. The van der Waals surface area contributed by atoms with Crippen molar-refractivity contribution >= 4 is 0 Å². The molecule has 0 aliphatic carbocycles. The molecule has 0 aromatic carbocycles. The zero-order valence-corrected chi connectivity index (χ0v) is 7.09. The van der Waals surface area contributed by atoms with Crippen LogP contribution in [0.25, 0.3) is 0 Å². The molecule has 0 saturated heterocycles. The fourth-order valence-electron chi connectivity index (χ4n) is 1.23. The zero-order chi connectivity index (χ0) is 8.27. The SMILES string of the molecule is CCc1nccc(C)c1CN. The molecule has 0 radical (unpaired) electrons. The van der Waals surface area contributed by atoms with E-state index in [1.165, 1.54) is 11.1 Å². The van der Waals surface area contributed by atoms with Crippen molar-refractivity contribution in [3.8, 4) is 0 Å². The lowest BCUT2D eigenvalue weighted by Gasteiger charge is -2.06. The Morgan fingerprint density at radius 2 is 2.27 bits per heavy atom. The Hall–Kier alpha value is -0.890. The van der Waals surface area contributed by atoms with Gasteiger partial charge in [0.05, 0.1) is 0 Å². The second-order valence-electron chi connectivity index (χ2n) is 2.61. The summed E-state index contributed by atoms with van der Waals surface area (Å²) in [7, 11) is 0. The highest BCUT2D eigenvalue weighted by atomic mass is 14.7. The standard InChI is InChI=1S/C9H14N2/c1-3-9-8(6-10)7(2)4-5-11-9/h4-5H,3,6,10H2,1-2H3. The summed E-state index contributed by atoms with van der Waals surface area (Å²) in [6.07, 6.45) is 2.81. The Kier molecular flexibility index (Phi) is 2.60. The number of aryl methyl sites for hydroxylation is 2. The van der Waals surface area contributed by atoms with Crippen molar-refractivity contribution in [2.75, 3.05) is 0 Å². The van der Waals surface area contributed by atoms with Gasteiger partial charge in [0.1, 0.15) is 0 Å². The molecule has 0 saturated carbocycles. The van der Waals surface area contributed by atoms with E-state index in [0.717, 1.165) is 12.1 Å². The van der Waals surface area contributed by atoms with E-state index in [4.69, 9.17) is 5.73 Å². The highest BCUT2D eigenvalue weighted by Gasteiger charge is 2.01. The summed E-state index contributed by atoms with van der Waals surface area (Å²) >= 11 is 0. The average molecular weight is 150 g/mol. The largest absolute Gasteiger partial charge is 0.326 e. The molecule has 0 atom stereocenters. The summed E-state index contributed by atoms with van der Waals surface area (Å²) < 4.78 is 0. The summed E-state index contributed by atoms with van der Waals surface area (Å²) in [4.78, 5) is 4.25. The van der Waals surface area contributed by atoms with Crippen LogP contribution in [-0.4, -0.2) is 4.98 Å². The van der Waals surface area contributed by atoms with Crippen LogP contribution in [0.2, 0.25) is 0 Å². The van der Waals surface area contributed by atoms with Gasteiger partial charge in [0.2, 0.25) is 0 Å². The molecule has 0 bridgehead atoms. The maximum Gasteiger partial charge on any atom is 0.0448 e. The number of aromatic nitrogens is 1. The third-order valence-corrected chi connectivity index (χ3v) is 1.92. The quantitative estimate of drug-likeness (QED) is 0.692. The van der Waals surface area contributed by atoms with Gasteiger partial charge in [-0.1, -0.05) is 6.92 Å². The molecule has 2 nitrogen and oxygen atoms in total. The minimum atomic E-state index is 0.600. The van der Waals surface area contributed by atoms with Gasteiger partial charge >= 0.3 is 0 Å². The summed E-state index contributed by atoms with van der Waals surface area (Å²) in [6, 6.07) is 2.00. The fraction of sp³-hybridized carbons (Fsp3) is 0.444. The number of hydrogen-bond acceptors (Lipinski definition) is 2. The number of hydrogen-bond donors (Lipinski definition) is 1. The van der Waals surface area contributed by atoms with E-state index in [0.29, 0.717) is 6.54 Å². The van der Waals surface area contributed by atoms with Crippen molar-refractivity contribution in [2.24, 2.45) is 5.73 Å². The summed E-state index contributed by atoms with van der Waals surface area (Å²) in [5.74, 6) is 0. The second-order valence-corrected chi connectivity index (χ2v) is 2.61. The van der Waals surface area contributed by atoms with Gasteiger partial charge in [0.15, 0.2) is 0 Å². The molecular formula is C9H14N2. The number of nitrogens with zero attached hydrogens (tertiary/aromatic N) is 1. The van der Waals surface area contributed by atoms with Gasteiger partial charge in [-0.25, -0.2) is 0 Å². The third kappa shape index (κ3) is 1.57. The topological polar surface area (TPSA) is 38.9 Å². The van der Waals surface area contributed by atoms with Crippen molar-refractivity contribution in [1.29, 1.82) is 0 Å². The van der Waals surface area contributed by atoms with Crippen LogP contribution in [0.5, 0.6) is 0 Å². The van der Waals surface area contributed by atoms with E-state index in [1.54, 1.807) is 0 Å². The predicted octanol–water partition coefficient (Wildman–Crippen LogP) is 1.41. The van der Waals surface area contributed by atoms with Crippen LogP contribution in [0.3, 0.4) is 0 Å². The molecule has 2 heteroatoms. The molecule has 1 heterocycles. The highest BCUT2D eigenvalue weighted by Crippen LogP contribution is 2.10. The van der Waals surface area contributed by atoms with Crippen LogP contribution in [0.15, 0.2) is 12.3 Å². The first-order chi connectivity index (χ1) is 5.29. The molecule has 0 aliphatic heterocycles. The molecule has 11 heavy (non-hydrogen) atoms. The second kappa shape index (κ2) is 3.49. The summed E-state index contributed by atoms with van der Waals surface area (Å²) in [5.41, 5.74) is 9.17. The van der Waals surface area contributed by atoms with E-state index in [9.17, 15) is 0 Å². The van der Waals surface area contributed by atoms with Gasteiger partial charge in [0.25, 0.3) is 0 Å². The van der Waals surface area contributed by atoms with Crippen LogP contribution in [-0.2, 0) is 13.0 Å². The summed E-state index contributed by atoms with van der Waals surface area (Å²) in [6.45, 7) is 4.77. The molecule has 0 amide bonds. The molecule has 1 aromatic heterocycles. The lowest BCUT2D eigenvalue weighted by molar-refractivity contribution is 0.930. The molecule has 2 N–H and O–H groups in total. The maximum atomic E-state index is 5.59. The van der Waals surface area contributed by atoms with Crippen LogP contribution < -0.4 is 5.73 Å². The maximum absolute atomic E-state index is 5.59. The molecule has 0 spiro atoms. The summed E-state index contributed by atoms with van der Waals surface area (Å²) in [5, 5.41) is 0. The van der Waals surface area contributed by atoms with Crippen LogP contribution in [0.1, 0.15) is 23.7 Å². The predicted molar refractivity (Wildman–Crippen MR) is 46.2 cm³/mol. The van der Waals surface area contributed by atoms with Crippen molar-refractivity contribution in [1.82, 2.24) is 4.98 Å². The molecule has 1 aromatic rings. The van der Waals surface area contributed by atoms with Gasteiger partial charge in [-0.05, 0) is 30.5 Å². The van der Waals surface area contributed by atoms with E-state index >= 15 is 0 Å².